The molecule has 2 rings (SSSR count). The number of hydrogen-bond donors (Lipinski definition) is 0. The van der Waals surface area contributed by atoms with Gasteiger partial charge < -0.3 is 4.74 Å². The van der Waals surface area contributed by atoms with Crippen LogP contribution in [0.3, 0.4) is 0 Å². The fourth-order valence-corrected chi connectivity index (χ4v) is 4.63. The van der Waals surface area contributed by atoms with Crippen molar-refractivity contribution in [3.8, 4) is 16.2 Å². The van der Waals surface area contributed by atoms with Gasteiger partial charge in [-0.2, -0.15) is 0 Å². The van der Waals surface area contributed by atoms with Crippen LogP contribution in [0.1, 0.15) is 0 Å². The molecule has 0 atom stereocenters. The zero-order chi connectivity index (χ0) is 15.2. The van der Waals surface area contributed by atoms with Crippen molar-refractivity contribution in [1.29, 1.82) is 0 Å². The van der Waals surface area contributed by atoms with Crippen molar-refractivity contribution in [2.75, 3.05) is 13.4 Å². The van der Waals surface area contributed by atoms with Gasteiger partial charge in [0, 0.05) is 6.07 Å². The van der Waals surface area contributed by atoms with Crippen molar-refractivity contribution in [1.82, 2.24) is 0 Å². The molecule has 0 saturated heterocycles. The molecule has 1 heterocycles. The topological polar surface area (TPSA) is 101 Å². The fraction of sp³-hybridized carbons (Fsp3) is 0.182. The molecule has 0 aliphatic rings. The average molecular weight is 355 g/mol. The van der Waals surface area contributed by atoms with E-state index in [1.807, 2.05) is 32.8 Å². The van der Waals surface area contributed by atoms with Crippen molar-refractivity contribution in [3.05, 3.63) is 30.3 Å². The van der Waals surface area contributed by atoms with Crippen LogP contribution >= 0.6 is 32.4 Å². The highest BCUT2D eigenvalue weighted by molar-refractivity contribution is 8.02. The third-order valence-electron chi connectivity index (χ3n) is 2.04. The van der Waals surface area contributed by atoms with Crippen molar-refractivity contribution in [2.45, 2.75) is 4.21 Å². The monoisotopic (exact) mass is 354 g/mol. The number of methoxy groups -OCH3 is 1. The van der Waals surface area contributed by atoms with Gasteiger partial charge in [-0.1, -0.05) is 11.8 Å². The summed E-state index contributed by atoms with van der Waals surface area (Å²) in [4.78, 5) is 1.33. The van der Waals surface area contributed by atoms with E-state index in [0.29, 0.717) is 0 Å². The van der Waals surface area contributed by atoms with Gasteiger partial charge in [0.15, 0.2) is 10.3 Å². The molecule has 0 N–H and O–H groups in total. The second-order valence-electron chi connectivity index (χ2n) is 3.30. The molecular weight excluding hydrogens is 344 g/mol. The number of benzene rings is 1. The third kappa shape index (κ3) is 6.82. The molecule has 0 aliphatic carbocycles. The Labute approximate surface area is 130 Å². The highest BCUT2D eigenvalue weighted by Crippen LogP contribution is 2.36. The van der Waals surface area contributed by atoms with Gasteiger partial charge in [0.25, 0.3) is 4.21 Å². The van der Waals surface area contributed by atoms with Crippen molar-refractivity contribution < 1.29 is 33.6 Å². The van der Waals surface area contributed by atoms with Gasteiger partial charge in [-0.25, -0.2) is 18.6 Å². The quantitative estimate of drug-likeness (QED) is 0.427. The van der Waals surface area contributed by atoms with Crippen LogP contribution in [-0.2, 0) is 0 Å². The molecule has 0 spiro atoms. The van der Waals surface area contributed by atoms with Crippen LogP contribution in [0, 0.1) is 10.2 Å². The van der Waals surface area contributed by atoms with E-state index in [4.69, 9.17) is 23.4 Å². The van der Waals surface area contributed by atoms with E-state index in [1.54, 1.807) is 18.9 Å². The van der Waals surface area contributed by atoms with E-state index >= 15 is 0 Å². The van der Waals surface area contributed by atoms with Crippen LogP contribution in [0.15, 0.2) is 34.5 Å². The van der Waals surface area contributed by atoms with E-state index in [-0.39, 0.29) is 0 Å². The third-order valence-corrected chi connectivity index (χ3v) is 5.85. The summed E-state index contributed by atoms with van der Waals surface area (Å²) in [6.07, 6.45) is 2.11. The molecule has 1 aromatic carbocycles. The van der Waals surface area contributed by atoms with Crippen molar-refractivity contribution in [2.24, 2.45) is 0 Å². The van der Waals surface area contributed by atoms with Crippen LogP contribution in [0.2, 0.25) is 0 Å². The van der Waals surface area contributed by atoms with Crippen molar-refractivity contribution in [3.63, 3.8) is 0 Å². The van der Waals surface area contributed by atoms with Crippen LogP contribution in [-0.4, -0.2) is 13.4 Å². The summed E-state index contributed by atoms with van der Waals surface area (Å²) in [6, 6.07) is 10.4. The lowest BCUT2D eigenvalue weighted by Gasteiger charge is -2.17. The lowest BCUT2D eigenvalue weighted by Crippen LogP contribution is -2.68. The molecular formula is C11H11ClO5S3. The Hall–Kier alpha value is -0.450. The Morgan fingerprint density at radius 2 is 1.70 bits per heavy atom. The molecule has 9 heteroatoms. The van der Waals surface area contributed by atoms with E-state index in [1.165, 1.54) is 14.6 Å². The first kappa shape index (κ1) is 17.6. The fourth-order valence-electron chi connectivity index (χ4n) is 1.22. The first-order valence-electron chi connectivity index (χ1n) is 5.07. The summed E-state index contributed by atoms with van der Waals surface area (Å²) >= 11 is 1.80. The summed E-state index contributed by atoms with van der Waals surface area (Å²) in [5.74, 6) is 0.907. The minimum Gasteiger partial charge on any atom is -0.497 e. The van der Waals surface area contributed by atoms with Gasteiger partial charge in [-0.3, -0.25) is 0 Å². The first-order valence-corrected chi connectivity index (χ1v) is 9.67. The lowest BCUT2D eigenvalue weighted by atomic mass is 10.2. The second-order valence-corrected chi connectivity index (χ2v) is 7.38. The maximum absolute atomic E-state index is 8.49. The summed E-state index contributed by atoms with van der Waals surface area (Å²) in [5, 5.41) is 0. The Balaban J connectivity index is 0.000000347. The lowest BCUT2D eigenvalue weighted by molar-refractivity contribution is -2.00. The molecule has 0 bridgehead atoms. The van der Waals surface area contributed by atoms with Crippen molar-refractivity contribution >= 4 is 32.4 Å². The van der Waals surface area contributed by atoms with Crippen LogP contribution in [0.25, 0.3) is 10.4 Å². The van der Waals surface area contributed by atoms with Gasteiger partial charge in [0.05, 0.1) is 12.0 Å². The predicted octanol–water partition coefficient (Wildman–Crippen LogP) is -0.268. The zero-order valence-corrected chi connectivity index (χ0v) is 13.7. The molecule has 5 nitrogen and oxygen atoms in total. The summed E-state index contributed by atoms with van der Waals surface area (Å²) in [5.41, 5.74) is 1.26. The SMILES string of the molecule is COc1ccc(-c2cc(SC)[s+]s2)cc1.[O-][Cl+3]([O-])([O-])[O-]. The molecule has 0 radical (unpaired) electrons. The molecule has 0 unspecified atom stereocenters. The van der Waals surface area contributed by atoms with E-state index < -0.39 is 10.2 Å². The van der Waals surface area contributed by atoms with E-state index in [2.05, 4.69) is 24.5 Å². The van der Waals surface area contributed by atoms with Gasteiger partial charge in [0.2, 0.25) is 0 Å². The van der Waals surface area contributed by atoms with Crippen LogP contribution in [0.5, 0.6) is 5.75 Å². The van der Waals surface area contributed by atoms with Gasteiger partial charge in [0.1, 0.15) is 5.75 Å². The molecule has 0 fully saturated rings. The van der Waals surface area contributed by atoms with E-state index in [0.717, 1.165) is 5.75 Å². The van der Waals surface area contributed by atoms with Crippen LogP contribution in [0.4, 0.5) is 0 Å². The Bertz CT molecular complexity index is 518. The van der Waals surface area contributed by atoms with Gasteiger partial charge >= 0.3 is 10.3 Å². The molecule has 1 aromatic heterocycles. The van der Waals surface area contributed by atoms with E-state index in [9.17, 15) is 0 Å². The highest BCUT2D eigenvalue weighted by atomic mass is 35.7. The molecule has 0 aliphatic heterocycles. The smallest absolute Gasteiger partial charge is 0.308 e. The van der Waals surface area contributed by atoms with Gasteiger partial charge in [-0.05, 0) is 36.1 Å². The maximum Gasteiger partial charge on any atom is 0.308 e. The standard InChI is InChI=1S/C11H11OS3.ClHO4/c1-12-9-5-3-8(4-6-9)10-7-11(13-2)15-14-10;2-1(3,4)5/h3-7H,1-2H3;(H,2,3,4,5)/q+1;/p-1. The molecule has 110 valence electrons. The maximum atomic E-state index is 8.49. The Morgan fingerprint density at radius 3 is 2.10 bits per heavy atom. The zero-order valence-electron chi connectivity index (χ0n) is 10.5. The van der Waals surface area contributed by atoms with Crippen LogP contribution < -0.4 is 23.4 Å². The largest absolute Gasteiger partial charge is 0.497 e. The summed E-state index contributed by atoms with van der Waals surface area (Å²) in [7, 11) is 0.393. The Kier molecular flexibility index (Phi) is 7.13. The molecule has 0 saturated carbocycles. The number of halogens is 1. The van der Waals surface area contributed by atoms with Gasteiger partial charge in [-0.15, -0.1) is 10.2 Å². The summed E-state index contributed by atoms with van der Waals surface area (Å²) in [6.45, 7) is 0. The molecule has 20 heavy (non-hydrogen) atoms. The minimum absolute atomic E-state index is 0.907. The molecule has 0 amide bonds. The number of hydrogen-bond acceptors (Lipinski definition) is 7. The first-order chi connectivity index (χ1) is 9.33. The highest BCUT2D eigenvalue weighted by Gasteiger charge is 2.13. The number of rotatable bonds is 3. The second kappa shape index (κ2) is 8.11. The summed E-state index contributed by atoms with van der Waals surface area (Å²) < 4.78 is 40.5. The predicted molar refractivity (Wildman–Crippen MR) is 70.4 cm³/mol. The average Bonchev–Trinajstić information content (AvgIpc) is 2.86. The number of thioether (sulfide) groups is 1. The molecule has 2 aromatic rings. The Morgan fingerprint density at radius 1 is 1.15 bits per heavy atom. The normalized spacial score (nSPS) is 10.7. The number of ether oxygens (including phenoxy) is 1. The minimum atomic E-state index is -4.94.